The Kier molecular flexibility index (Phi) is 12.2. The van der Waals surface area contributed by atoms with Crippen LogP contribution in [0.25, 0.3) is 0 Å². The number of sulfonamides is 1. The molecular weight excluding hydrogens is 679 g/mol. The highest BCUT2D eigenvalue weighted by molar-refractivity contribution is 7.89. The van der Waals surface area contributed by atoms with Crippen molar-refractivity contribution in [2.75, 3.05) is 23.8 Å². The molecule has 2 amide bonds. The topological polar surface area (TPSA) is 168 Å². The molecule has 0 spiro atoms. The van der Waals surface area contributed by atoms with Gasteiger partial charge in [0.25, 0.3) is 11.8 Å². The zero-order chi connectivity index (χ0) is 35.7. The highest BCUT2D eigenvalue weighted by Gasteiger charge is 2.27. The molecule has 0 bridgehead atoms. The van der Waals surface area contributed by atoms with Crippen molar-refractivity contribution >= 4 is 55.8 Å². The molecule has 3 aromatic carbocycles. The molecule has 0 saturated carbocycles. The van der Waals surface area contributed by atoms with Crippen molar-refractivity contribution in [1.82, 2.24) is 4.72 Å². The Labute approximate surface area is 295 Å². The molecular formula is C37H39N3O8S2. The Balaban J connectivity index is 1.24. The lowest BCUT2D eigenvalue weighted by Gasteiger charge is -2.14. The summed E-state index contributed by atoms with van der Waals surface area (Å²) in [6, 6.07) is 20.0. The van der Waals surface area contributed by atoms with E-state index in [1.165, 1.54) is 35.6 Å². The molecule has 262 valence electrons. The van der Waals surface area contributed by atoms with Gasteiger partial charge in [0.1, 0.15) is 5.00 Å². The van der Waals surface area contributed by atoms with Crippen LogP contribution in [0.1, 0.15) is 85.2 Å². The normalized spacial score (nSPS) is 12.5. The average Bonchev–Trinajstić information content (AvgIpc) is 3.48. The van der Waals surface area contributed by atoms with E-state index in [0.717, 1.165) is 53.7 Å². The fourth-order valence-electron chi connectivity index (χ4n) is 5.68. The summed E-state index contributed by atoms with van der Waals surface area (Å²) in [5, 5.41) is 15.4. The van der Waals surface area contributed by atoms with Gasteiger partial charge in [-0.1, -0.05) is 30.3 Å². The quantitative estimate of drug-likeness (QED) is 0.0829. The molecule has 0 atom stereocenters. The summed E-state index contributed by atoms with van der Waals surface area (Å²) in [7, 11) is -3.95. The SMILES string of the molecule is CCOC(=O)CCCNS(=O)(=O)c1cccc(C(=O)Nc2sc3c(c2C(=O)Nc2ccc(CCc4ccc(C(=O)O)cc4)cc2)CCCC3)c1. The second-order valence-electron chi connectivity index (χ2n) is 11.9. The number of aryl methyl sites for hydroxylation is 3. The number of carboxylic acids is 1. The molecule has 11 nitrogen and oxygen atoms in total. The first kappa shape index (κ1) is 36.4. The maximum atomic E-state index is 13.7. The maximum Gasteiger partial charge on any atom is 0.335 e. The number of anilines is 2. The Bertz CT molecular complexity index is 1970. The zero-order valence-corrected chi connectivity index (χ0v) is 29.3. The highest BCUT2D eigenvalue weighted by Crippen LogP contribution is 2.39. The van der Waals surface area contributed by atoms with Crippen LogP contribution in [-0.2, 0) is 45.2 Å². The number of aromatic carboxylic acids is 1. The van der Waals surface area contributed by atoms with E-state index in [0.29, 0.717) is 22.7 Å². The Morgan fingerprint density at radius 2 is 1.52 bits per heavy atom. The fourth-order valence-corrected chi connectivity index (χ4v) is 8.08. The molecule has 1 aliphatic carbocycles. The number of carboxylic acid groups (broad SMARTS) is 1. The number of rotatable bonds is 15. The van der Waals surface area contributed by atoms with Crippen LogP contribution in [0.2, 0.25) is 0 Å². The van der Waals surface area contributed by atoms with E-state index in [9.17, 15) is 27.6 Å². The summed E-state index contributed by atoms with van der Waals surface area (Å²) in [6.45, 7) is 1.99. The van der Waals surface area contributed by atoms with E-state index in [1.54, 1.807) is 19.1 Å². The van der Waals surface area contributed by atoms with Gasteiger partial charge in [-0.15, -0.1) is 11.3 Å². The van der Waals surface area contributed by atoms with Crippen LogP contribution >= 0.6 is 11.3 Å². The molecule has 1 heterocycles. The highest BCUT2D eigenvalue weighted by atomic mass is 32.2. The minimum absolute atomic E-state index is 0.0318. The van der Waals surface area contributed by atoms with Crippen molar-refractivity contribution in [2.24, 2.45) is 0 Å². The number of nitrogens with one attached hydrogen (secondary N) is 3. The summed E-state index contributed by atoms with van der Waals surface area (Å²) in [5.41, 5.74) is 4.38. The van der Waals surface area contributed by atoms with Crippen molar-refractivity contribution in [3.63, 3.8) is 0 Å². The fraction of sp³-hybridized carbons (Fsp3) is 0.297. The third-order valence-electron chi connectivity index (χ3n) is 8.30. The first-order valence-electron chi connectivity index (χ1n) is 16.5. The van der Waals surface area contributed by atoms with Crippen molar-refractivity contribution in [3.05, 3.63) is 111 Å². The third kappa shape index (κ3) is 9.43. The molecule has 5 rings (SSSR count). The number of fused-ring (bicyclic) bond motifs is 1. The largest absolute Gasteiger partial charge is 0.478 e. The van der Waals surface area contributed by atoms with Gasteiger partial charge in [0.2, 0.25) is 10.0 Å². The van der Waals surface area contributed by atoms with E-state index in [1.807, 2.05) is 36.4 Å². The molecule has 50 heavy (non-hydrogen) atoms. The standard InChI is InChI=1S/C37H39N3O8S2/c1-2-48-32(41)11-6-22-38-50(46,47)29-8-5-7-27(23-29)34(42)40-36-33(30-9-3-4-10-31(30)49-36)35(43)39-28-20-16-25(17-21-28)13-12-24-14-18-26(19-15-24)37(44)45/h5,7-8,14-21,23,38H,2-4,6,9-13,22H2,1H3,(H,39,43)(H,40,42)(H,44,45). The molecule has 1 aliphatic rings. The minimum Gasteiger partial charge on any atom is -0.478 e. The number of amides is 2. The van der Waals surface area contributed by atoms with Gasteiger partial charge in [-0.3, -0.25) is 14.4 Å². The van der Waals surface area contributed by atoms with E-state index >= 15 is 0 Å². The Morgan fingerprint density at radius 1 is 0.840 bits per heavy atom. The number of carbonyl (C=O) groups excluding carboxylic acids is 3. The molecule has 0 unspecified atom stereocenters. The molecule has 0 saturated heterocycles. The van der Waals surface area contributed by atoms with Crippen LogP contribution in [0.4, 0.5) is 10.7 Å². The second kappa shape index (κ2) is 16.7. The van der Waals surface area contributed by atoms with E-state index < -0.39 is 27.9 Å². The number of carbonyl (C=O) groups is 4. The number of hydrogen-bond donors (Lipinski definition) is 4. The zero-order valence-electron chi connectivity index (χ0n) is 27.6. The van der Waals surface area contributed by atoms with Crippen molar-refractivity contribution in [2.45, 2.75) is 63.2 Å². The smallest absolute Gasteiger partial charge is 0.335 e. The van der Waals surface area contributed by atoms with Crippen molar-refractivity contribution in [3.8, 4) is 0 Å². The predicted octanol–water partition coefficient (Wildman–Crippen LogP) is 6.24. The summed E-state index contributed by atoms with van der Waals surface area (Å²) in [5.74, 6) is -2.24. The maximum absolute atomic E-state index is 13.7. The van der Waals surface area contributed by atoms with Gasteiger partial charge in [0, 0.05) is 29.1 Å². The minimum atomic E-state index is -3.95. The van der Waals surface area contributed by atoms with E-state index in [-0.39, 0.29) is 47.9 Å². The molecule has 4 aromatic rings. The molecule has 4 N–H and O–H groups in total. The van der Waals surface area contributed by atoms with E-state index in [2.05, 4.69) is 15.4 Å². The number of thiophene rings is 1. The number of esters is 1. The lowest BCUT2D eigenvalue weighted by molar-refractivity contribution is -0.143. The van der Waals surface area contributed by atoms with Gasteiger partial charge in [-0.25, -0.2) is 17.9 Å². The van der Waals surface area contributed by atoms with Gasteiger partial charge in [0.05, 0.1) is 22.6 Å². The van der Waals surface area contributed by atoms with Gasteiger partial charge < -0.3 is 20.5 Å². The Morgan fingerprint density at radius 3 is 2.20 bits per heavy atom. The van der Waals surface area contributed by atoms with Crippen LogP contribution in [0.5, 0.6) is 0 Å². The number of benzene rings is 3. The van der Waals surface area contributed by atoms with Crippen molar-refractivity contribution in [1.29, 1.82) is 0 Å². The number of hydrogen-bond acceptors (Lipinski definition) is 8. The van der Waals surface area contributed by atoms with Gasteiger partial charge in [-0.2, -0.15) is 0 Å². The monoisotopic (exact) mass is 717 g/mol. The summed E-state index contributed by atoms with van der Waals surface area (Å²) in [4.78, 5) is 50.8. The molecule has 1 aromatic heterocycles. The first-order chi connectivity index (χ1) is 24.0. The summed E-state index contributed by atoms with van der Waals surface area (Å²) < 4.78 is 33.1. The van der Waals surface area contributed by atoms with Gasteiger partial charge >= 0.3 is 11.9 Å². The lowest BCUT2D eigenvalue weighted by Crippen LogP contribution is -2.26. The third-order valence-corrected chi connectivity index (χ3v) is 11.0. The lowest BCUT2D eigenvalue weighted by atomic mass is 9.95. The summed E-state index contributed by atoms with van der Waals surface area (Å²) >= 11 is 1.37. The molecule has 13 heteroatoms. The van der Waals surface area contributed by atoms with Crippen LogP contribution in [0.15, 0.2) is 77.7 Å². The average molecular weight is 718 g/mol. The van der Waals surface area contributed by atoms with Crippen LogP contribution in [0.3, 0.4) is 0 Å². The van der Waals surface area contributed by atoms with E-state index in [4.69, 9.17) is 9.84 Å². The van der Waals surface area contributed by atoms with Gasteiger partial charge in [0.15, 0.2) is 0 Å². The summed E-state index contributed by atoms with van der Waals surface area (Å²) in [6.07, 6.45) is 5.26. The van der Waals surface area contributed by atoms with Gasteiger partial charge in [-0.05, 0) is 111 Å². The first-order valence-corrected chi connectivity index (χ1v) is 18.8. The van der Waals surface area contributed by atoms with Crippen LogP contribution < -0.4 is 15.4 Å². The molecule has 0 radical (unpaired) electrons. The van der Waals surface area contributed by atoms with Crippen LogP contribution in [0, 0.1) is 0 Å². The predicted molar refractivity (Wildman–Crippen MR) is 192 cm³/mol. The molecule has 0 aliphatic heterocycles. The number of ether oxygens (including phenoxy) is 1. The second-order valence-corrected chi connectivity index (χ2v) is 14.7. The van der Waals surface area contributed by atoms with Crippen molar-refractivity contribution < 1.29 is 37.4 Å². The van der Waals surface area contributed by atoms with Crippen LogP contribution in [-0.4, -0.2) is 50.4 Å². The Hall–Kier alpha value is -4.85. The molecule has 0 fully saturated rings.